The lowest BCUT2D eigenvalue weighted by atomic mass is 10.2. The third-order valence-corrected chi connectivity index (χ3v) is 7.31. The molecule has 192 valence electrons. The zero-order valence-corrected chi connectivity index (χ0v) is 23.2. The number of hydrogen-bond donors (Lipinski definition) is 0. The quantitative estimate of drug-likeness (QED) is 0.176. The van der Waals surface area contributed by atoms with E-state index in [1.54, 1.807) is 42.6 Å². The van der Waals surface area contributed by atoms with E-state index in [4.69, 9.17) is 37.3 Å². The molecule has 0 saturated heterocycles. The van der Waals surface area contributed by atoms with Crippen LogP contribution in [0.25, 0.3) is 33.5 Å². The number of fused-ring (bicyclic) bond motifs is 2. The van der Waals surface area contributed by atoms with Crippen LogP contribution in [0.5, 0.6) is 5.75 Å². The molecule has 39 heavy (non-hydrogen) atoms. The highest BCUT2D eigenvalue weighted by Crippen LogP contribution is 2.35. The lowest BCUT2D eigenvalue weighted by Gasteiger charge is -2.12. The van der Waals surface area contributed by atoms with Crippen LogP contribution in [0, 0.1) is 0 Å². The Kier molecular flexibility index (Phi) is 6.95. The maximum absolute atomic E-state index is 13.5. The molecule has 0 unspecified atom stereocenters. The summed E-state index contributed by atoms with van der Waals surface area (Å²) in [5.41, 5.74) is 2.41. The Balaban J connectivity index is 1.38. The number of rotatable bonds is 6. The van der Waals surface area contributed by atoms with Crippen LogP contribution in [0.15, 0.2) is 110 Å². The number of aromatic nitrogens is 2. The maximum Gasteiger partial charge on any atom is 0.282 e. The molecular formula is C30H18BrCl2N3O3. The highest BCUT2D eigenvalue weighted by molar-refractivity contribution is 9.10. The van der Waals surface area contributed by atoms with Gasteiger partial charge in [-0.25, -0.2) is 4.98 Å². The molecule has 0 saturated carbocycles. The molecule has 0 N–H and O–H groups in total. The first-order valence-corrected chi connectivity index (χ1v) is 13.4. The molecule has 0 aliphatic rings. The van der Waals surface area contributed by atoms with Gasteiger partial charge in [0, 0.05) is 16.0 Å². The summed E-state index contributed by atoms with van der Waals surface area (Å²) < 4.78 is 13.8. The fourth-order valence-electron chi connectivity index (χ4n) is 4.16. The molecular weight excluding hydrogens is 601 g/mol. The van der Waals surface area contributed by atoms with E-state index < -0.39 is 0 Å². The van der Waals surface area contributed by atoms with Crippen molar-refractivity contribution in [3.63, 3.8) is 0 Å². The molecule has 0 radical (unpaired) electrons. The van der Waals surface area contributed by atoms with Gasteiger partial charge in [0.15, 0.2) is 11.5 Å². The summed E-state index contributed by atoms with van der Waals surface area (Å²) in [4.78, 5) is 18.2. The second-order valence-electron chi connectivity index (χ2n) is 8.66. The number of nitrogens with zero attached hydrogens (tertiary/aromatic N) is 3. The van der Waals surface area contributed by atoms with Gasteiger partial charge in [-0.15, -0.1) is 0 Å². The minimum absolute atomic E-state index is 0.254. The minimum atomic E-state index is -0.322. The van der Waals surface area contributed by atoms with Gasteiger partial charge >= 0.3 is 0 Å². The van der Waals surface area contributed by atoms with Crippen molar-refractivity contribution in [2.45, 2.75) is 6.61 Å². The number of halogens is 3. The van der Waals surface area contributed by atoms with Gasteiger partial charge in [-0.1, -0.05) is 71.7 Å². The Labute approximate surface area is 241 Å². The average Bonchev–Trinajstić information content (AvgIpc) is 3.37. The lowest BCUT2D eigenvalue weighted by molar-refractivity contribution is 0.304. The summed E-state index contributed by atoms with van der Waals surface area (Å²) in [5.74, 6) is 1.19. The van der Waals surface area contributed by atoms with Crippen molar-refractivity contribution < 1.29 is 9.15 Å². The van der Waals surface area contributed by atoms with E-state index >= 15 is 0 Å². The van der Waals surface area contributed by atoms with Crippen molar-refractivity contribution in [1.82, 2.24) is 9.66 Å². The highest BCUT2D eigenvalue weighted by Gasteiger charge is 2.17. The summed E-state index contributed by atoms with van der Waals surface area (Å²) in [6.45, 7) is 0.254. The number of para-hydroxylation sites is 2. The Hall–Kier alpha value is -3.91. The van der Waals surface area contributed by atoms with Gasteiger partial charge in [0.25, 0.3) is 5.56 Å². The van der Waals surface area contributed by atoms with E-state index in [1.807, 2.05) is 54.6 Å². The fraction of sp³-hybridized carbons (Fsp3) is 0.0333. The average molecular weight is 619 g/mol. The summed E-state index contributed by atoms with van der Waals surface area (Å²) in [6.07, 6.45) is 1.54. The van der Waals surface area contributed by atoms with Gasteiger partial charge in [-0.3, -0.25) is 4.79 Å². The van der Waals surface area contributed by atoms with E-state index in [2.05, 4.69) is 21.0 Å². The number of ether oxygens (including phenoxy) is 1. The van der Waals surface area contributed by atoms with Crippen LogP contribution >= 0.6 is 39.1 Å². The normalized spacial score (nSPS) is 11.6. The third-order valence-electron chi connectivity index (χ3n) is 6.07. The van der Waals surface area contributed by atoms with Crippen LogP contribution in [0.1, 0.15) is 11.1 Å². The van der Waals surface area contributed by atoms with Crippen molar-refractivity contribution in [3.8, 4) is 17.3 Å². The van der Waals surface area contributed by atoms with Crippen molar-refractivity contribution in [2.24, 2.45) is 5.10 Å². The second kappa shape index (κ2) is 10.7. The first-order chi connectivity index (χ1) is 19.0. The van der Waals surface area contributed by atoms with Gasteiger partial charge < -0.3 is 9.15 Å². The number of benzene rings is 4. The van der Waals surface area contributed by atoms with Crippen molar-refractivity contribution in [2.75, 3.05) is 0 Å². The topological polar surface area (TPSA) is 69.6 Å². The van der Waals surface area contributed by atoms with Crippen LogP contribution in [0.2, 0.25) is 10.0 Å². The monoisotopic (exact) mass is 617 g/mol. The summed E-state index contributed by atoms with van der Waals surface area (Å²) in [7, 11) is 0. The third kappa shape index (κ3) is 5.08. The standard InChI is InChI=1S/C30H18BrCl2N3O3/c31-22-13-18(14-24(33)28(22)38-17-20-8-1-4-10-23(20)32)16-34-36-29(27-15-19-7-2-6-12-26(19)39-27)35-25-11-5-3-9-21(25)30(36)37/h1-16H,17H2. The summed E-state index contributed by atoms with van der Waals surface area (Å²) in [5, 5.41) is 6.84. The Morgan fingerprint density at radius 3 is 2.54 bits per heavy atom. The molecule has 9 heteroatoms. The first kappa shape index (κ1) is 25.4. The highest BCUT2D eigenvalue weighted by atomic mass is 79.9. The molecule has 2 heterocycles. The first-order valence-electron chi connectivity index (χ1n) is 11.9. The predicted octanol–water partition coefficient (Wildman–Crippen LogP) is 8.34. The molecule has 6 rings (SSSR count). The van der Waals surface area contributed by atoms with Gasteiger partial charge in [0.1, 0.15) is 12.2 Å². The molecule has 0 bridgehead atoms. The van der Waals surface area contributed by atoms with Crippen molar-refractivity contribution >= 4 is 67.2 Å². The van der Waals surface area contributed by atoms with E-state index in [0.29, 0.717) is 48.1 Å². The van der Waals surface area contributed by atoms with Crippen LogP contribution in [0.4, 0.5) is 0 Å². The molecule has 0 aliphatic carbocycles. The molecule has 0 spiro atoms. The molecule has 6 nitrogen and oxygen atoms in total. The largest absolute Gasteiger partial charge is 0.486 e. The van der Waals surface area contributed by atoms with Gasteiger partial charge in [-0.05, 0) is 64.0 Å². The predicted molar refractivity (Wildman–Crippen MR) is 159 cm³/mol. The van der Waals surface area contributed by atoms with Crippen LogP contribution in [0.3, 0.4) is 0 Å². The molecule has 4 aromatic carbocycles. The molecule has 0 amide bonds. The SMILES string of the molecule is O=c1c2ccccc2nc(-c2cc3ccccc3o2)n1N=Cc1cc(Cl)c(OCc2ccccc2Cl)c(Br)c1. The van der Waals surface area contributed by atoms with E-state index in [0.717, 1.165) is 10.9 Å². The van der Waals surface area contributed by atoms with Crippen molar-refractivity contribution in [3.05, 3.63) is 127 Å². The van der Waals surface area contributed by atoms with Gasteiger partial charge in [0.05, 0.1) is 26.6 Å². The summed E-state index contributed by atoms with van der Waals surface area (Å²) in [6, 6.07) is 27.5. The lowest BCUT2D eigenvalue weighted by Crippen LogP contribution is -2.20. The Morgan fingerprint density at radius 2 is 1.72 bits per heavy atom. The van der Waals surface area contributed by atoms with Gasteiger partial charge in [0.2, 0.25) is 5.82 Å². The van der Waals surface area contributed by atoms with Crippen LogP contribution < -0.4 is 10.3 Å². The fourth-order valence-corrected chi connectivity index (χ4v) is 5.34. The number of furan rings is 1. The maximum atomic E-state index is 13.5. The molecule has 0 atom stereocenters. The Bertz CT molecular complexity index is 1890. The molecule has 0 aliphatic heterocycles. The zero-order valence-electron chi connectivity index (χ0n) is 20.1. The smallest absolute Gasteiger partial charge is 0.282 e. The molecule has 2 aromatic heterocycles. The van der Waals surface area contributed by atoms with Crippen LogP contribution in [-0.4, -0.2) is 15.9 Å². The zero-order chi connectivity index (χ0) is 26.9. The van der Waals surface area contributed by atoms with Crippen LogP contribution in [-0.2, 0) is 6.61 Å². The van der Waals surface area contributed by atoms with Gasteiger partial charge in [-0.2, -0.15) is 9.78 Å². The molecule has 0 fully saturated rings. The van der Waals surface area contributed by atoms with E-state index in [-0.39, 0.29) is 18.0 Å². The summed E-state index contributed by atoms with van der Waals surface area (Å²) >= 11 is 16.3. The molecule has 6 aromatic rings. The number of hydrogen-bond acceptors (Lipinski definition) is 5. The van der Waals surface area contributed by atoms with E-state index in [1.165, 1.54) is 4.68 Å². The van der Waals surface area contributed by atoms with E-state index in [9.17, 15) is 4.79 Å². The second-order valence-corrected chi connectivity index (χ2v) is 10.3. The van der Waals surface area contributed by atoms with Crippen molar-refractivity contribution in [1.29, 1.82) is 0 Å². The minimum Gasteiger partial charge on any atom is -0.486 e. The Morgan fingerprint density at radius 1 is 0.949 bits per heavy atom.